The van der Waals surface area contributed by atoms with Crippen molar-refractivity contribution in [2.75, 3.05) is 5.32 Å². The number of nitrogens with one attached hydrogen (secondary N) is 1. The van der Waals surface area contributed by atoms with Gasteiger partial charge in [0.2, 0.25) is 0 Å². The van der Waals surface area contributed by atoms with E-state index in [1.165, 1.54) is 41.1 Å². The van der Waals surface area contributed by atoms with Crippen LogP contribution in [0, 0.1) is 5.82 Å². The van der Waals surface area contributed by atoms with E-state index >= 15 is 0 Å². The Hall–Kier alpha value is -3.74. The highest BCUT2D eigenvalue weighted by molar-refractivity contribution is 6.08. The number of carbonyl (C=O) groups excluding carboxylic acids is 2. The van der Waals surface area contributed by atoms with Crippen LogP contribution in [0.3, 0.4) is 0 Å². The van der Waals surface area contributed by atoms with Gasteiger partial charge in [0.15, 0.2) is 0 Å². The van der Waals surface area contributed by atoms with Gasteiger partial charge in [-0.3, -0.25) is 14.4 Å². The zero-order chi connectivity index (χ0) is 19.4. The summed E-state index contributed by atoms with van der Waals surface area (Å²) in [5, 5.41) is 2.61. The van der Waals surface area contributed by atoms with Gasteiger partial charge >= 0.3 is 0 Å². The molecule has 7 heteroatoms. The summed E-state index contributed by atoms with van der Waals surface area (Å²) in [7, 11) is 0. The average Bonchev–Trinajstić information content (AvgIpc) is 2.64. The second-order valence-electron chi connectivity index (χ2n) is 5.88. The Labute approximate surface area is 154 Å². The molecule has 136 valence electrons. The molecule has 0 bridgehead atoms. The van der Waals surface area contributed by atoms with Crippen LogP contribution in [0.4, 0.5) is 10.1 Å². The van der Waals surface area contributed by atoms with Crippen molar-refractivity contribution in [2.24, 2.45) is 5.73 Å². The molecule has 3 N–H and O–H groups in total. The molecule has 27 heavy (non-hydrogen) atoms. The molecule has 0 fully saturated rings. The summed E-state index contributed by atoms with van der Waals surface area (Å²) < 4.78 is 14.6. The van der Waals surface area contributed by atoms with E-state index in [4.69, 9.17) is 5.73 Å². The van der Waals surface area contributed by atoms with Crippen molar-refractivity contribution >= 4 is 17.5 Å². The molecule has 0 atom stereocenters. The van der Waals surface area contributed by atoms with E-state index in [9.17, 15) is 18.8 Å². The monoisotopic (exact) mass is 365 g/mol. The van der Waals surface area contributed by atoms with Crippen molar-refractivity contribution in [3.8, 4) is 0 Å². The Balaban J connectivity index is 1.86. The summed E-state index contributed by atoms with van der Waals surface area (Å²) in [6.45, 7) is 0.121. The Bertz CT molecular complexity index is 1080. The zero-order valence-electron chi connectivity index (χ0n) is 14.2. The highest BCUT2D eigenvalue weighted by Crippen LogP contribution is 2.15. The largest absolute Gasteiger partial charge is 0.366 e. The van der Waals surface area contributed by atoms with Crippen molar-refractivity contribution < 1.29 is 14.0 Å². The molecule has 2 aromatic carbocycles. The van der Waals surface area contributed by atoms with Crippen LogP contribution in [0.5, 0.6) is 0 Å². The van der Waals surface area contributed by atoms with Gasteiger partial charge < -0.3 is 15.6 Å². The number of hydrogen-bond acceptors (Lipinski definition) is 3. The highest BCUT2D eigenvalue weighted by atomic mass is 19.1. The zero-order valence-corrected chi connectivity index (χ0v) is 14.2. The molecule has 2 amide bonds. The number of anilines is 1. The van der Waals surface area contributed by atoms with E-state index < -0.39 is 17.6 Å². The molecule has 0 radical (unpaired) electrons. The smallest absolute Gasteiger partial charge is 0.257 e. The molecule has 0 aliphatic rings. The number of halogens is 1. The third kappa shape index (κ3) is 4.27. The molecule has 1 heterocycles. The van der Waals surface area contributed by atoms with Crippen LogP contribution in [0.1, 0.15) is 26.3 Å². The SMILES string of the molecule is NC(=O)c1ccccc1NC(=O)c1ccc(=O)n(Cc2cccc(F)c2)c1. The summed E-state index contributed by atoms with van der Waals surface area (Å²) in [5.74, 6) is -1.57. The Morgan fingerprint density at radius 2 is 1.81 bits per heavy atom. The fraction of sp³-hybridized carbons (Fsp3) is 0.0500. The molecule has 0 unspecified atom stereocenters. The van der Waals surface area contributed by atoms with E-state index in [0.29, 0.717) is 5.56 Å². The van der Waals surface area contributed by atoms with Crippen LogP contribution in [-0.4, -0.2) is 16.4 Å². The summed E-state index contributed by atoms with van der Waals surface area (Å²) in [4.78, 5) is 36.0. The Morgan fingerprint density at radius 1 is 1.04 bits per heavy atom. The standard InChI is InChI=1S/C20H16FN3O3/c21-15-5-3-4-13(10-15)11-24-12-14(8-9-18(24)25)20(27)23-17-7-2-1-6-16(17)19(22)26/h1-10,12H,11H2,(H2,22,26)(H,23,27). The lowest BCUT2D eigenvalue weighted by Gasteiger charge is -2.11. The van der Waals surface area contributed by atoms with Crippen molar-refractivity contribution in [2.45, 2.75) is 6.54 Å². The lowest BCUT2D eigenvalue weighted by Crippen LogP contribution is -2.23. The van der Waals surface area contributed by atoms with Crippen LogP contribution in [0.15, 0.2) is 71.7 Å². The molecule has 6 nitrogen and oxygen atoms in total. The number of pyridine rings is 1. The first-order valence-electron chi connectivity index (χ1n) is 8.09. The van der Waals surface area contributed by atoms with Crippen LogP contribution < -0.4 is 16.6 Å². The topological polar surface area (TPSA) is 94.2 Å². The van der Waals surface area contributed by atoms with Gasteiger partial charge in [0.1, 0.15) is 5.82 Å². The highest BCUT2D eigenvalue weighted by Gasteiger charge is 2.13. The third-order valence-corrected chi connectivity index (χ3v) is 3.93. The first-order valence-corrected chi connectivity index (χ1v) is 8.09. The van der Waals surface area contributed by atoms with E-state index in [1.54, 1.807) is 30.3 Å². The number of rotatable bonds is 5. The molecule has 3 rings (SSSR count). The average molecular weight is 365 g/mol. The number of aromatic nitrogens is 1. The van der Waals surface area contributed by atoms with Crippen molar-refractivity contribution in [1.29, 1.82) is 0 Å². The van der Waals surface area contributed by atoms with Crippen LogP contribution in [0.25, 0.3) is 0 Å². The number of carbonyl (C=O) groups is 2. The van der Waals surface area contributed by atoms with Gasteiger partial charge in [-0.25, -0.2) is 4.39 Å². The molecule has 0 spiro atoms. The summed E-state index contributed by atoms with van der Waals surface area (Å²) in [6.07, 6.45) is 1.38. The molecule has 0 saturated carbocycles. The first-order chi connectivity index (χ1) is 12.9. The van der Waals surface area contributed by atoms with E-state index in [1.807, 2.05) is 0 Å². The summed E-state index contributed by atoms with van der Waals surface area (Å²) in [5.41, 5.74) is 6.24. The number of hydrogen-bond donors (Lipinski definition) is 2. The normalized spacial score (nSPS) is 10.4. The van der Waals surface area contributed by atoms with Crippen molar-refractivity contribution in [3.05, 3.63) is 99.7 Å². The van der Waals surface area contributed by atoms with Gasteiger partial charge in [-0.1, -0.05) is 24.3 Å². The van der Waals surface area contributed by atoms with Gasteiger partial charge in [0.25, 0.3) is 17.4 Å². The first kappa shape index (κ1) is 18.1. The van der Waals surface area contributed by atoms with Gasteiger partial charge in [-0.2, -0.15) is 0 Å². The summed E-state index contributed by atoms with van der Waals surface area (Å²) in [6, 6.07) is 14.9. The number of primary amides is 1. The number of benzene rings is 2. The van der Waals surface area contributed by atoms with Crippen molar-refractivity contribution in [1.82, 2.24) is 4.57 Å². The maximum Gasteiger partial charge on any atom is 0.257 e. The lowest BCUT2D eigenvalue weighted by atomic mass is 10.1. The van der Waals surface area contributed by atoms with E-state index in [2.05, 4.69) is 5.32 Å². The minimum absolute atomic E-state index is 0.121. The van der Waals surface area contributed by atoms with E-state index in [0.717, 1.165) is 0 Å². The van der Waals surface area contributed by atoms with Gasteiger partial charge in [0, 0.05) is 12.3 Å². The minimum Gasteiger partial charge on any atom is -0.366 e. The fourth-order valence-electron chi connectivity index (χ4n) is 2.62. The second kappa shape index (κ2) is 7.65. The minimum atomic E-state index is -0.665. The Kier molecular flexibility index (Phi) is 5.12. The quantitative estimate of drug-likeness (QED) is 0.727. The third-order valence-electron chi connectivity index (χ3n) is 3.93. The summed E-state index contributed by atoms with van der Waals surface area (Å²) >= 11 is 0. The molecule has 0 aliphatic heterocycles. The molecule has 1 aromatic heterocycles. The predicted molar refractivity (Wildman–Crippen MR) is 99.1 cm³/mol. The van der Waals surface area contributed by atoms with Crippen LogP contribution >= 0.6 is 0 Å². The maximum atomic E-state index is 13.3. The number of nitrogens with two attached hydrogens (primary N) is 1. The number of para-hydroxylation sites is 1. The molecule has 0 aliphatic carbocycles. The second-order valence-corrected chi connectivity index (χ2v) is 5.88. The lowest BCUT2D eigenvalue weighted by molar-refractivity contribution is 0.100. The van der Waals surface area contributed by atoms with E-state index in [-0.39, 0.29) is 28.9 Å². The van der Waals surface area contributed by atoms with Gasteiger partial charge in [-0.05, 0) is 35.9 Å². The van der Waals surface area contributed by atoms with Crippen LogP contribution in [0.2, 0.25) is 0 Å². The number of nitrogens with zero attached hydrogens (tertiary/aromatic N) is 1. The van der Waals surface area contributed by atoms with Crippen LogP contribution in [-0.2, 0) is 6.54 Å². The van der Waals surface area contributed by atoms with Gasteiger partial charge in [-0.15, -0.1) is 0 Å². The molecule has 3 aromatic rings. The van der Waals surface area contributed by atoms with Gasteiger partial charge in [0.05, 0.1) is 23.4 Å². The molecular formula is C20H16FN3O3. The number of amides is 2. The predicted octanol–water partition coefficient (Wildman–Crippen LogP) is 2.39. The molecular weight excluding hydrogens is 349 g/mol. The molecule has 0 saturated heterocycles. The fourth-order valence-corrected chi connectivity index (χ4v) is 2.62. The Morgan fingerprint density at radius 3 is 2.56 bits per heavy atom. The van der Waals surface area contributed by atoms with Crippen molar-refractivity contribution in [3.63, 3.8) is 0 Å². The maximum absolute atomic E-state index is 13.3.